The highest BCUT2D eigenvalue weighted by molar-refractivity contribution is 5.92. The highest BCUT2D eigenvalue weighted by atomic mass is 19.4. The molecule has 0 radical (unpaired) electrons. The van der Waals surface area contributed by atoms with Crippen LogP contribution in [-0.2, 0) is 23.9 Å². The summed E-state index contributed by atoms with van der Waals surface area (Å²) in [5.74, 6) is -0.335. The molecule has 6 rings (SSSR count). The van der Waals surface area contributed by atoms with Crippen molar-refractivity contribution in [1.82, 2.24) is 25.0 Å². The molecular formula is C33H36F3N7O3. The molecule has 2 aromatic carbocycles. The Labute approximate surface area is 265 Å². The van der Waals surface area contributed by atoms with Crippen LogP contribution in [0, 0.1) is 0 Å². The fourth-order valence-electron chi connectivity index (χ4n) is 6.41. The van der Waals surface area contributed by atoms with E-state index in [-0.39, 0.29) is 24.4 Å². The number of anilines is 2. The Morgan fingerprint density at radius 1 is 0.913 bits per heavy atom. The molecule has 2 fully saturated rings. The van der Waals surface area contributed by atoms with E-state index in [2.05, 4.69) is 20.5 Å². The van der Waals surface area contributed by atoms with E-state index in [0.717, 1.165) is 29.1 Å². The Hall–Kier alpha value is -4.81. The first-order valence-corrected chi connectivity index (χ1v) is 15.5. The van der Waals surface area contributed by atoms with Crippen LogP contribution in [0.2, 0.25) is 0 Å². The minimum atomic E-state index is -4.53. The van der Waals surface area contributed by atoms with Gasteiger partial charge in [-0.15, -0.1) is 0 Å². The molecule has 3 aromatic rings. The summed E-state index contributed by atoms with van der Waals surface area (Å²) in [6.45, 7) is 3.18. The Balaban J connectivity index is 1.11. The number of piperidine rings is 1. The van der Waals surface area contributed by atoms with Crippen LogP contribution in [0.4, 0.5) is 34.1 Å². The number of likely N-dealkylation sites (tertiary alicyclic amines) is 1. The molecule has 0 saturated carbocycles. The second-order valence-corrected chi connectivity index (χ2v) is 11.9. The lowest BCUT2D eigenvalue weighted by Crippen LogP contribution is -2.58. The van der Waals surface area contributed by atoms with Crippen molar-refractivity contribution < 1.29 is 27.6 Å². The van der Waals surface area contributed by atoms with Crippen LogP contribution >= 0.6 is 0 Å². The molecule has 0 spiro atoms. The van der Waals surface area contributed by atoms with Crippen molar-refractivity contribution in [3.8, 4) is 0 Å². The normalized spacial score (nSPS) is 18.1. The van der Waals surface area contributed by atoms with E-state index < -0.39 is 23.8 Å². The van der Waals surface area contributed by atoms with Crippen LogP contribution in [0.5, 0.6) is 0 Å². The van der Waals surface area contributed by atoms with Crippen LogP contribution in [-0.4, -0.2) is 89.0 Å². The van der Waals surface area contributed by atoms with Crippen molar-refractivity contribution in [3.05, 3.63) is 89.7 Å². The molecule has 46 heavy (non-hydrogen) atoms. The lowest BCUT2D eigenvalue weighted by molar-refractivity contribution is -0.137. The maximum atomic E-state index is 13.8. The highest BCUT2D eigenvalue weighted by Crippen LogP contribution is 2.30. The van der Waals surface area contributed by atoms with Gasteiger partial charge in [-0.05, 0) is 48.2 Å². The van der Waals surface area contributed by atoms with Gasteiger partial charge in [0.25, 0.3) is 0 Å². The summed E-state index contributed by atoms with van der Waals surface area (Å²) in [5, 5.41) is 5.78. The smallest absolute Gasteiger partial charge is 0.368 e. The molecule has 0 aliphatic carbocycles. The van der Waals surface area contributed by atoms with Crippen molar-refractivity contribution in [2.75, 3.05) is 49.5 Å². The summed E-state index contributed by atoms with van der Waals surface area (Å²) < 4.78 is 40.4. The van der Waals surface area contributed by atoms with Crippen molar-refractivity contribution in [2.45, 2.75) is 44.1 Å². The highest BCUT2D eigenvalue weighted by Gasteiger charge is 2.35. The number of aromatic nitrogens is 1. The zero-order valence-electron chi connectivity index (χ0n) is 25.2. The van der Waals surface area contributed by atoms with Crippen molar-refractivity contribution in [3.63, 3.8) is 0 Å². The zero-order valence-corrected chi connectivity index (χ0v) is 25.2. The molecule has 1 aromatic heterocycles. The van der Waals surface area contributed by atoms with Gasteiger partial charge in [0.2, 0.25) is 5.91 Å². The first-order valence-electron chi connectivity index (χ1n) is 15.5. The third kappa shape index (κ3) is 7.03. The molecule has 2 saturated heterocycles. The van der Waals surface area contributed by atoms with Gasteiger partial charge in [-0.25, -0.2) is 9.59 Å². The molecule has 3 aliphatic rings. The van der Waals surface area contributed by atoms with E-state index in [0.29, 0.717) is 64.2 Å². The molecule has 3 aliphatic heterocycles. The third-order valence-corrected chi connectivity index (χ3v) is 8.96. The second kappa shape index (κ2) is 13.3. The van der Waals surface area contributed by atoms with Crippen molar-refractivity contribution in [2.24, 2.45) is 0 Å². The monoisotopic (exact) mass is 635 g/mol. The molecule has 13 heteroatoms. The molecule has 10 nitrogen and oxygen atoms in total. The van der Waals surface area contributed by atoms with Gasteiger partial charge in [-0.2, -0.15) is 13.2 Å². The number of rotatable bonds is 6. The predicted octanol–water partition coefficient (Wildman–Crippen LogP) is 4.58. The minimum absolute atomic E-state index is 0.0587. The van der Waals surface area contributed by atoms with E-state index >= 15 is 0 Å². The number of urea groups is 2. The fraction of sp³-hybridized carbons (Fsp3) is 0.394. The maximum Gasteiger partial charge on any atom is 0.416 e. The number of nitrogens with one attached hydrogen (secondary N) is 2. The Morgan fingerprint density at radius 2 is 1.63 bits per heavy atom. The molecular weight excluding hydrogens is 599 g/mol. The minimum Gasteiger partial charge on any atom is -0.368 e. The number of alkyl halides is 3. The predicted molar refractivity (Wildman–Crippen MR) is 166 cm³/mol. The number of nitrogens with zero attached hydrogens (tertiary/aromatic N) is 5. The van der Waals surface area contributed by atoms with Gasteiger partial charge in [-0.1, -0.05) is 36.4 Å². The molecule has 1 unspecified atom stereocenters. The average molecular weight is 636 g/mol. The van der Waals surface area contributed by atoms with Crippen molar-refractivity contribution in [1.29, 1.82) is 0 Å². The summed E-state index contributed by atoms with van der Waals surface area (Å²) in [7, 11) is 0. The summed E-state index contributed by atoms with van der Waals surface area (Å²) in [6, 6.07) is 14.6. The van der Waals surface area contributed by atoms with Crippen LogP contribution in [0.15, 0.2) is 73.1 Å². The topological polar surface area (TPSA) is 101 Å². The van der Waals surface area contributed by atoms with E-state index in [1.165, 1.54) is 12.1 Å². The van der Waals surface area contributed by atoms with Gasteiger partial charge in [0, 0.05) is 82.0 Å². The fourth-order valence-corrected chi connectivity index (χ4v) is 6.41. The number of para-hydroxylation sites is 1. The average Bonchev–Trinajstić information content (AvgIpc) is 3.07. The van der Waals surface area contributed by atoms with Gasteiger partial charge in [-0.3, -0.25) is 9.78 Å². The third-order valence-electron chi connectivity index (χ3n) is 8.96. The van der Waals surface area contributed by atoms with Crippen LogP contribution in [0.1, 0.15) is 29.5 Å². The molecule has 0 bridgehead atoms. The summed E-state index contributed by atoms with van der Waals surface area (Å²) in [4.78, 5) is 51.4. The zero-order chi connectivity index (χ0) is 32.3. The molecule has 1 atom stereocenters. The van der Waals surface area contributed by atoms with Crippen molar-refractivity contribution >= 4 is 29.3 Å². The molecule has 4 heterocycles. The number of carbonyl (C=O) groups is 3. The number of fused-ring (bicyclic) bond motifs is 1. The molecule has 2 N–H and O–H groups in total. The largest absolute Gasteiger partial charge is 0.416 e. The number of hydrogen-bond acceptors (Lipinski definition) is 5. The first-order chi connectivity index (χ1) is 22.2. The number of benzene rings is 2. The lowest BCUT2D eigenvalue weighted by atomic mass is 10.0. The van der Waals surface area contributed by atoms with Crippen LogP contribution in [0.3, 0.4) is 0 Å². The first kappa shape index (κ1) is 31.2. The van der Waals surface area contributed by atoms with Gasteiger partial charge in [0.05, 0.1) is 5.56 Å². The summed E-state index contributed by atoms with van der Waals surface area (Å²) in [5.41, 5.74) is 2.32. The number of piperazine rings is 1. The van der Waals surface area contributed by atoms with Gasteiger partial charge in [0.15, 0.2) is 0 Å². The molecule has 242 valence electrons. The van der Waals surface area contributed by atoms with Crippen LogP contribution < -0.4 is 15.5 Å². The second-order valence-electron chi connectivity index (χ2n) is 11.9. The standard InChI is InChI=1S/C33H36F3N7O3/c34-33(35,36)25-6-3-4-23(20-25)21-29(30(44)41-18-16-40(17-19-41)26-8-12-37-13-9-26)39-31(45)42-14-10-27(11-15-42)43-22-24-5-1-2-7-28(24)38-32(43)46/h1-9,12-13,20,27,29H,10-11,14-19,21-22H2,(H,38,46)(H,39,45). The van der Waals surface area contributed by atoms with Gasteiger partial charge in [0.1, 0.15) is 6.04 Å². The Bertz CT molecular complexity index is 1560. The van der Waals surface area contributed by atoms with E-state index in [1.807, 2.05) is 36.4 Å². The SMILES string of the molecule is O=C(NC(Cc1cccc(C(F)(F)F)c1)C(=O)N1CCN(c2ccncc2)CC1)N1CCC(N2Cc3ccccc3NC2=O)CC1. The number of carbonyl (C=O) groups excluding carboxylic acids is 3. The molecule has 5 amide bonds. The Kier molecular flexibility index (Phi) is 9.00. The number of amides is 5. The number of halogens is 3. The van der Waals surface area contributed by atoms with E-state index in [1.54, 1.807) is 27.1 Å². The van der Waals surface area contributed by atoms with E-state index in [4.69, 9.17) is 0 Å². The van der Waals surface area contributed by atoms with Gasteiger partial charge >= 0.3 is 18.2 Å². The van der Waals surface area contributed by atoms with E-state index in [9.17, 15) is 27.6 Å². The van der Waals surface area contributed by atoms with Crippen LogP contribution in [0.25, 0.3) is 0 Å². The van der Waals surface area contributed by atoms with Gasteiger partial charge < -0.3 is 30.2 Å². The summed E-state index contributed by atoms with van der Waals surface area (Å²) in [6.07, 6.45) is -0.0752. The summed E-state index contributed by atoms with van der Waals surface area (Å²) >= 11 is 0. The maximum absolute atomic E-state index is 13.8. The quantitative estimate of drug-likeness (QED) is 0.413. The number of pyridine rings is 1. The lowest BCUT2D eigenvalue weighted by Gasteiger charge is -2.41. The Morgan fingerprint density at radius 3 is 2.35 bits per heavy atom. The number of hydrogen-bond donors (Lipinski definition) is 2.